The van der Waals surface area contributed by atoms with Crippen LogP contribution in [0, 0.1) is 0 Å². The van der Waals surface area contributed by atoms with E-state index in [1.807, 2.05) is 48.5 Å². The largest absolute Gasteiger partial charge is 0.369 e. The van der Waals surface area contributed by atoms with E-state index in [0.717, 1.165) is 11.3 Å². The van der Waals surface area contributed by atoms with Gasteiger partial charge in [-0.05, 0) is 17.7 Å². The Morgan fingerprint density at radius 1 is 1.17 bits per heavy atom. The first-order valence-corrected chi connectivity index (χ1v) is 5.81. The van der Waals surface area contributed by atoms with E-state index in [-0.39, 0.29) is 12.2 Å². The summed E-state index contributed by atoms with van der Waals surface area (Å²) in [6.45, 7) is 0. The van der Waals surface area contributed by atoms with Gasteiger partial charge in [-0.25, -0.2) is 0 Å². The van der Waals surface area contributed by atoms with E-state index < -0.39 is 6.10 Å². The lowest BCUT2D eigenvalue weighted by atomic mass is 10.0. The van der Waals surface area contributed by atoms with Crippen molar-refractivity contribution in [3.63, 3.8) is 0 Å². The lowest BCUT2D eigenvalue weighted by Crippen LogP contribution is -2.17. The number of Topliss-reactive ketones (excluding diaryl/α,β-unsaturated/α-hetero) is 1. The number of ketones is 1. The minimum Gasteiger partial charge on any atom is -0.369 e. The van der Waals surface area contributed by atoms with E-state index in [4.69, 9.17) is 4.74 Å². The number of carbonyl (C=O) groups excluding carboxylic acids is 1. The molecule has 1 atom stereocenters. The number of pyridine rings is 1. The molecule has 3 nitrogen and oxygen atoms in total. The maximum absolute atomic E-state index is 12.2. The van der Waals surface area contributed by atoms with Crippen LogP contribution in [0.5, 0.6) is 0 Å². The van der Waals surface area contributed by atoms with Crippen molar-refractivity contribution in [2.45, 2.75) is 12.5 Å². The molecule has 2 aromatic rings. The van der Waals surface area contributed by atoms with Crippen LogP contribution < -0.4 is 0 Å². The zero-order valence-corrected chi connectivity index (χ0v) is 10.2. The molecule has 1 aromatic heterocycles. The van der Waals surface area contributed by atoms with Crippen molar-refractivity contribution in [1.82, 2.24) is 4.98 Å². The van der Waals surface area contributed by atoms with Gasteiger partial charge in [-0.1, -0.05) is 36.4 Å². The second-order valence-electron chi connectivity index (χ2n) is 3.99. The van der Waals surface area contributed by atoms with Gasteiger partial charge in [-0.15, -0.1) is 0 Å². The topological polar surface area (TPSA) is 39.2 Å². The van der Waals surface area contributed by atoms with Crippen molar-refractivity contribution in [2.24, 2.45) is 0 Å². The fourth-order valence-electron chi connectivity index (χ4n) is 1.86. The molecular weight excluding hydrogens is 226 g/mol. The molecular formula is C15H15NO2. The third-order valence-corrected chi connectivity index (χ3v) is 2.71. The molecule has 0 amide bonds. The molecule has 1 unspecified atom stereocenters. The number of ether oxygens (including phenoxy) is 1. The highest BCUT2D eigenvalue weighted by molar-refractivity contribution is 5.86. The first kappa shape index (κ1) is 12.5. The SMILES string of the molecule is COC(C(=O)Cc1ccccn1)c1ccccc1. The van der Waals surface area contributed by atoms with Gasteiger partial charge in [0.15, 0.2) is 5.78 Å². The Bertz CT molecular complexity index is 496. The minimum atomic E-state index is -0.520. The molecule has 0 aliphatic carbocycles. The summed E-state index contributed by atoms with van der Waals surface area (Å²) in [5.41, 5.74) is 1.64. The second kappa shape index (κ2) is 6.07. The lowest BCUT2D eigenvalue weighted by molar-refractivity contribution is -0.128. The molecule has 0 aliphatic rings. The maximum Gasteiger partial charge on any atom is 0.172 e. The van der Waals surface area contributed by atoms with Crippen molar-refractivity contribution < 1.29 is 9.53 Å². The number of rotatable bonds is 5. The zero-order valence-electron chi connectivity index (χ0n) is 10.2. The summed E-state index contributed by atoms with van der Waals surface area (Å²) in [6.07, 6.45) is 1.45. The van der Waals surface area contributed by atoms with E-state index in [1.165, 1.54) is 0 Å². The first-order chi connectivity index (χ1) is 8.81. The van der Waals surface area contributed by atoms with E-state index >= 15 is 0 Å². The van der Waals surface area contributed by atoms with Crippen LogP contribution >= 0.6 is 0 Å². The summed E-state index contributed by atoms with van der Waals surface area (Å²) in [7, 11) is 1.55. The minimum absolute atomic E-state index is 0.0161. The fraction of sp³-hybridized carbons (Fsp3) is 0.200. The van der Waals surface area contributed by atoms with Gasteiger partial charge < -0.3 is 4.74 Å². The summed E-state index contributed by atoms with van der Waals surface area (Å²) in [5, 5.41) is 0. The Kier molecular flexibility index (Phi) is 4.20. The average molecular weight is 241 g/mol. The molecule has 0 aliphatic heterocycles. The van der Waals surface area contributed by atoms with Gasteiger partial charge in [0.2, 0.25) is 0 Å². The van der Waals surface area contributed by atoms with Crippen LogP contribution in [0.15, 0.2) is 54.7 Å². The molecule has 0 saturated carbocycles. The number of nitrogens with zero attached hydrogens (tertiary/aromatic N) is 1. The first-order valence-electron chi connectivity index (χ1n) is 5.81. The quantitative estimate of drug-likeness (QED) is 0.807. The zero-order chi connectivity index (χ0) is 12.8. The summed E-state index contributed by atoms with van der Waals surface area (Å²) in [5.74, 6) is 0.0161. The highest BCUT2D eigenvalue weighted by atomic mass is 16.5. The van der Waals surface area contributed by atoms with Gasteiger partial charge in [0, 0.05) is 19.0 Å². The Labute approximate surface area is 106 Å². The molecule has 18 heavy (non-hydrogen) atoms. The van der Waals surface area contributed by atoms with Crippen molar-refractivity contribution in [3.05, 3.63) is 66.0 Å². The lowest BCUT2D eigenvalue weighted by Gasteiger charge is -2.14. The molecule has 0 N–H and O–H groups in total. The molecule has 0 spiro atoms. The number of aromatic nitrogens is 1. The molecule has 1 heterocycles. The Morgan fingerprint density at radius 2 is 1.89 bits per heavy atom. The van der Waals surface area contributed by atoms with Gasteiger partial charge in [-0.3, -0.25) is 9.78 Å². The highest BCUT2D eigenvalue weighted by Crippen LogP contribution is 2.18. The smallest absolute Gasteiger partial charge is 0.172 e. The van der Waals surface area contributed by atoms with Crippen LogP contribution in [0.3, 0.4) is 0 Å². The Morgan fingerprint density at radius 3 is 2.50 bits per heavy atom. The number of methoxy groups -OCH3 is 1. The summed E-state index contributed by atoms with van der Waals surface area (Å²) in [4.78, 5) is 16.3. The third-order valence-electron chi connectivity index (χ3n) is 2.71. The molecule has 3 heteroatoms. The van der Waals surface area contributed by atoms with Crippen molar-refractivity contribution in [2.75, 3.05) is 7.11 Å². The summed E-state index contributed by atoms with van der Waals surface area (Å²) >= 11 is 0. The molecule has 0 radical (unpaired) electrons. The van der Waals surface area contributed by atoms with Crippen LogP contribution in [0.25, 0.3) is 0 Å². The van der Waals surface area contributed by atoms with Crippen LogP contribution in [0.4, 0.5) is 0 Å². The Balaban J connectivity index is 2.12. The summed E-state index contributed by atoms with van der Waals surface area (Å²) < 4.78 is 5.29. The van der Waals surface area contributed by atoms with E-state index in [0.29, 0.717) is 0 Å². The molecule has 1 aromatic carbocycles. The predicted octanol–water partition coefficient (Wildman–Crippen LogP) is 2.58. The molecule has 0 fully saturated rings. The van der Waals surface area contributed by atoms with Gasteiger partial charge in [0.25, 0.3) is 0 Å². The molecule has 0 saturated heterocycles. The van der Waals surface area contributed by atoms with Crippen LogP contribution in [-0.4, -0.2) is 17.9 Å². The van der Waals surface area contributed by atoms with Crippen LogP contribution in [0.1, 0.15) is 17.4 Å². The molecule has 0 bridgehead atoms. The molecule has 2 rings (SSSR count). The Hall–Kier alpha value is -2.00. The van der Waals surface area contributed by atoms with Gasteiger partial charge in [0.05, 0.1) is 6.42 Å². The summed E-state index contributed by atoms with van der Waals surface area (Å²) in [6, 6.07) is 15.0. The average Bonchev–Trinajstić information content (AvgIpc) is 2.42. The number of hydrogen-bond acceptors (Lipinski definition) is 3. The van der Waals surface area contributed by atoms with Crippen LogP contribution in [0.2, 0.25) is 0 Å². The number of hydrogen-bond donors (Lipinski definition) is 0. The van der Waals surface area contributed by atoms with E-state index in [1.54, 1.807) is 13.3 Å². The standard InChI is InChI=1S/C15H15NO2/c1-18-15(12-7-3-2-4-8-12)14(17)11-13-9-5-6-10-16-13/h2-10,15H,11H2,1H3. The number of carbonyl (C=O) groups is 1. The second-order valence-corrected chi connectivity index (χ2v) is 3.99. The third kappa shape index (κ3) is 3.02. The molecule has 92 valence electrons. The normalized spacial score (nSPS) is 12.1. The highest BCUT2D eigenvalue weighted by Gasteiger charge is 2.20. The van der Waals surface area contributed by atoms with Crippen molar-refractivity contribution >= 4 is 5.78 Å². The van der Waals surface area contributed by atoms with Gasteiger partial charge in [-0.2, -0.15) is 0 Å². The van der Waals surface area contributed by atoms with E-state index in [9.17, 15) is 4.79 Å². The monoisotopic (exact) mass is 241 g/mol. The maximum atomic E-state index is 12.2. The predicted molar refractivity (Wildman–Crippen MR) is 69.1 cm³/mol. The van der Waals surface area contributed by atoms with E-state index in [2.05, 4.69) is 4.98 Å². The van der Waals surface area contributed by atoms with Gasteiger partial charge in [0.1, 0.15) is 6.10 Å². The van der Waals surface area contributed by atoms with Crippen molar-refractivity contribution in [1.29, 1.82) is 0 Å². The fourth-order valence-corrected chi connectivity index (χ4v) is 1.86. The van der Waals surface area contributed by atoms with Crippen molar-refractivity contribution in [3.8, 4) is 0 Å². The van der Waals surface area contributed by atoms with Gasteiger partial charge >= 0.3 is 0 Å². The van der Waals surface area contributed by atoms with Crippen LogP contribution in [-0.2, 0) is 16.0 Å². The number of benzene rings is 1.